The van der Waals surface area contributed by atoms with E-state index in [1.54, 1.807) is 48.5 Å². The minimum atomic E-state index is -0.896. The molecule has 2 aromatic rings. The lowest BCUT2D eigenvalue weighted by molar-refractivity contribution is -0.142. The third-order valence-corrected chi connectivity index (χ3v) is 3.68. The van der Waals surface area contributed by atoms with Gasteiger partial charge in [-0.25, -0.2) is 10.2 Å². The predicted octanol–water partition coefficient (Wildman–Crippen LogP) is 2.09. The molecule has 0 radical (unpaired) electrons. The van der Waals surface area contributed by atoms with Crippen molar-refractivity contribution in [2.45, 2.75) is 0 Å². The zero-order valence-electron chi connectivity index (χ0n) is 14.3. The van der Waals surface area contributed by atoms with Crippen LogP contribution in [0.4, 0.5) is 5.69 Å². The van der Waals surface area contributed by atoms with E-state index in [0.29, 0.717) is 17.0 Å². The number of ether oxygens (including phenoxy) is 2. The first kappa shape index (κ1) is 20.1. The predicted molar refractivity (Wildman–Crippen MR) is 102 cm³/mol. The highest BCUT2D eigenvalue weighted by Crippen LogP contribution is 2.14. The van der Waals surface area contributed by atoms with Crippen molar-refractivity contribution in [1.82, 2.24) is 5.43 Å². The first-order valence-corrected chi connectivity index (χ1v) is 8.47. The SMILES string of the molecule is COC(=O)COc1ccc(/C=N\NC(=O)C(=O)Nc2ccc(Br)cc2)cc1. The molecule has 0 heterocycles. The van der Waals surface area contributed by atoms with Crippen LogP contribution in [0.1, 0.15) is 5.56 Å². The highest BCUT2D eigenvalue weighted by atomic mass is 79.9. The van der Waals surface area contributed by atoms with E-state index in [9.17, 15) is 14.4 Å². The molecule has 9 heteroatoms. The summed E-state index contributed by atoms with van der Waals surface area (Å²) < 4.78 is 10.5. The normalized spacial score (nSPS) is 10.3. The highest BCUT2D eigenvalue weighted by Gasteiger charge is 2.12. The number of hydrogen-bond acceptors (Lipinski definition) is 6. The maximum absolute atomic E-state index is 11.8. The van der Waals surface area contributed by atoms with Crippen LogP contribution in [0.5, 0.6) is 5.75 Å². The van der Waals surface area contributed by atoms with Crippen LogP contribution in [0.15, 0.2) is 58.1 Å². The van der Waals surface area contributed by atoms with Crippen molar-refractivity contribution in [3.8, 4) is 5.75 Å². The Kier molecular flexibility index (Phi) is 7.50. The summed E-state index contributed by atoms with van der Waals surface area (Å²) in [4.78, 5) is 34.5. The van der Waals surface area contributed by atoms with Crippen LogP contribution in [0.3, 0.4) is 0 Å². The Morgan fingerprint density at radius 1 is 1.04 bits per heavy atom. The number of carbonyl (C=O) groups excluding carboxylic acids is 3. The molecule has 0 bridgehead atoms. The van der Waals surface area contributed by atoms with Crippen molar-refractivity contribution in [3.63, 3.8) is 0 Å². The lowest BCUT2D eigenvalue weighted by Gasteiger charge is -2.05. The Morgan fingerprint density at radius 3 is 2.33 bits per heavy atom. The molecule has 2 rings (SSSR count). The van der Waals surface area contributed by atoms with Crippen LogP contribution in [-0.4, -0.2) is 37.7 Å². The second kappa shape index (κ2) is 10.1. The molecule has 0 atom stereocenters. The van der Waals surface area contributed by atoms with Gasteiger partial charge in [-0.2, -0.15) is 5.10 Å². The van der Waals surface area contributed by atoms with Gasteiger partial charge in [-0.05, 0) is 54.1 Å². The minimum absolute atomic E-state index is 0.187. The van der Waals surface area contributed by atoms with Gasteiger partial charge in [0.15, 0.2) is 6.61 Å². The number of hydrazone groups is 1. The van der Waals surface area contributed by atoms with Crippen molar-refractivity contribution in [1.29, 1.82) is 0 Å². The van der Waals surface area contributed by atoms with Gasteiger partial charge < -0.3 is 14.8 Å². The number of nitrogens with one attached hydrogen (secondary N) is 2. The molecule has 0 aliphatic heterocycles. The first-order chi connectivity index (χ1) is 13.0. The van der Waals surface area contributed by atoms with Crippen LogP contribution < -0.4 is 15.5 Å². The van der Waals surface area contributed by atoms with E-state index in [2.05, 4.69) is 36.5 Å². The van der Waals surface area contributed by atoms with E-state index < -0.39 is 17.8 Å². The Bertz CT molecular complexity index is 835. The molecule has 2 N–H and O–H groups in total. The smallest absolute Gasteiger partial charge is 0.343 e. The number of esters is 1. The minimum Gasteiger partial charge on any atom is -0.482 e. The third kappa shape index (κ3) is 6.90. The number of benzene rings is 2. The lowest BCUT2D eigenvalue weighted by atomic mass is 10.2. The zero-order chi connectivity index (χ0) is 19.6. The molecule has 27 heavy (non-hydrogen) atoms. The molecule has 0 aliphatic carbocycles. The summed E-state index contributed by atoms with van der Waals surface area (Å²) in [5.41, 5.74) is 3.29. The average Bonchev–Trinajstić information content (AvgIpc) is 2.68. The lowest BCUT2D eigenvalue weighted by Crippen LogP contribution is -2.32. The van der Waals surface area contributed by atoms with Gasteiger partial charge in [-0.15, -0.1) is 0 Å². The maximum Gasteiger partial charge on any atom is 0.343 e. The van der Waals surface area contributed by atoms with E-state index in [1.165, 1.54) is 13.3 Å². The Balaban J connectivity index is 1.81. The van der Waals surface area contributed by atoms with Gasteiger partial charge in [0.1, 0.15) is 5.75 Å². The fourth-order valence-electron chi connectivity index (χ4n) is 1.79. The molecular formula is C18H16BrN3O5. The summed E-state index contributed by atoms with van der Waals surface area (Å²) in [6.45, 7) is -0.187. The quantitative estimate of drug-likeness (QED) is 0.314. The number of anilines is 1. The summed E-state index contributed by atoms with van der Waals surface area (Å²) in [5, 5.41) is 6.18. The van der Waals surface area contributed by atoms with Crippen molar-refractivity contribution in [2.24, 2.45) is 5.10 Å². The summed E-state index contributed by atoms with van der Waals surface area (Å²) in [6.07, 6.45) is 1.37. The molecule has 0 spiro atoms. The molecule has 0 saturated heterocycles. The molecule has 2 aromatic carbocycles. The molecular weight excluding hydrogens is 418 g/mol. The molecule has 2 amide bonds. The van der Waals surface area contributed by atoms with Crippen molar-refractivity contribution < 1.29 is 23.9 Å². The fraction of sp³-hybridized carbons (Fsp3) is 0.111. The molecule has 0 aliphatic rings. The van der Waals surface area contributed by atoms with Crippen molar-refractivity contribution >= 4 is 45.6 Å². The second-order valence-electron chi connectivity index (χ2n) is 5.09. The number of hydrogen-bond donors (Lipinski definition) is 2. The topological polar surface area (TPSA) is 106 Å². The zero-order valence-corrected chi connectivity index (χ0v) is 15.9. The number of amides is 2. The van der Waals surface area contributed by atoms with Gasteiger partial charge in [0.05, 0.1) is 13.3 Å². The van der Waals surface area contributed by atoms with Crippen molar-refractivity contribution in [2.75, 3.05) is 19.0 Å². The largest absolute Gasteiger partial charge is 0.482 e. The Labute approximate surface area is 163 Å². The second-order valence-corrected chi connectivity index (χ2v) is 6.01. The van der Waals surface area contributed by atoms with Crippen LogP contribution in [0.2, 0.25) is 0 Å². The Morgan fingerprint density at radius 2 is 1.70 bits per heavy atom. The number of nitrogens with zero attached hydrogens (tertiary/aromatic N) is 1. The van der Waals surface area contributed by atoms with E-state index in [-0.39, 0.29) is 6.61 Å². The van der Waals surface area contributed by atoms with E-state index in [4.69, 9.17) is 4.74 Å². The first-order valence-electron chi connectivity index (χ1n) is 7.67. The molecule has 0 fully saturated rings. The van der Waals surface area contributed by atoms with Gasteiger partial charge in [0, 0.05) is 10.2 Å². The third-order valence-electron chi connectivity index (χ3n) is 3.15. The molecule has 0 aromatic heterocycles. The summed E-state index contributed by atoms with van der Waals surface area (Å²) in [7, 11) is 1.28. The van der Waals surface area contributed by atoms with Gasteiger partial charge in [-0.1, -0.05) is 15.9 Å². The van der Waals surface area contributed by atoms with Crippen LogP contribution >= 0.6 is 15.9 Å². The summed E-state index contributed by atoms with van der Waals surface area (Å²) in [5.74, 6) is -1.73. The fourth-order valence-corrected chi connectivity index (χ4v) is 2.05. The number of methoxy groups -OCH3 is 1. The van der Waals surface area contributed by atoms with Crippen LogP contribution in [0.25, 0.3) is 0 Å². The van der Waals surface area contributed by atoms with E-state index >= 15 is 0 Å². The van der Waals surface area contributed by atoms with Crippen LogP contribution in [-0.2, 0) is 19.1 Å². The summed E-state index contributed by atoms with van der Waals surface area (Å²) >= 11 is 3.28. The molecule has 8 nitrogen and oxygen atoms in total. The monoisotopic (exact) mass is 433 g/mol. The van der Waals surface area contributed by atoms with Gasteiger partial charge in [-0.3, -0.25) is 9.59 Å². The van der Waals surface area contributed by atoms with E-state index in [0.717, 1.165) is 4.47 Å². The standard InChI is InChI=1S/C18H16BrN3O5/c1-26-16(23)11-27-15-8-2-12(3-9-15)10-20-22-18(25)17(24)21-14-6-4-13(19)5-7-14/h2-10H,11H2,1H3,(H,21,24)(H,22,25)/b20-10-. The number of halogens is 1. The van der Waals surface area contributed by atoms with E-state index in [1.807, 2.05) is 0 Å². The maximum atomic E-state index is 11.8. The van der Waals surface area contributed by atoms with Gasteiger partial charge in [0.25, 0.3) is 0 Å². The number of carbonyl (C=O) groups is 3. The number of rotatable bonds is 6. The summed E-state index contributed by atoms with van der Waals surface area (Å²) in [6, 6.07) is 13.4. The van der Waals surface area contributed by atoms with Crippen LogP contribution in [0, 0.1) is 0 Å². The average molecular weight is 434 g/mol. The molecule has 140 valence electrons. The Hall–Kier alpha value is -3.20. The van der Waals surface area contributed by atoms with Gasteiger partial charge in [0.2, 0.25) is 0 Å². The van der Waals surface area contributed by atoms with Gasteiger partial charge >= 0.3 is 17.8 Å². The van der Waals surface area contributed by atoms with Crippen molar-refractivity contribution in [3.05, 3.63) is 58.6 Å². The molecule has 0 saturated carbocycles. The highest BCUT2D eigenvalue weighted by molar-refractivity contribution is 9.10. The molecule has 0 unspecified atom stereocenters.